The van der Waals surface area contributed by atoms with E-state index in [9.17, 15) is 13.2 Å². The fourth-order valence-electron chi connectivity index (χ4n) is 4.06. The number of benzene rings is 2. The van der Waals surface area contributed by atoms with Gasteiger partial charge in [0.2, 0.25) is 15.9 Å². The van der Waals surface area contributed by atoms with E-state index in [4.69, 9.17) is 0 Å². The maximum atomic E-state index is 13.3. The molecule has 4 rings (SSSR count). The van der Waals surface area contributed by atoms with Crippen molar-refractivity contribution in [2.75, 3.05) is 38.0 Å². The number of piperazine rings is 1. The number of sulfonamides is 1. The molecule has 0 unspecified atom stereocenters. The molecule has 1 aliphatic heterocycles. The molecule has 7 nitrogen and oxygen atoms in total. The van der Waals surface area contributed by atoms with E-state index in [0.29, 0.717) is 31.7 Å². The summed E-state index contributed by atoms with van der Waals surface area (Å²) >= 11 is 0. The van der Waals surface area contributed by atoms with Crippen molar-refractivity contribution >= 4 is 32.5 Å². The number of fused-ring (bicyclic) bond motifs is 1. The van der Waals surface area contributed by atoms with Crippen LogP contribution < -0.4 is 5.32 Å². The molecule has 1 saturated heterocycles. The Hall–Kier alpha value is -2.81. The maximum absolute atomic E-state index is 13.3. The normalized spacial score (nSPS) is 15.7. The van der Waals surface area contributed by atoms with E-state index < -0.39 is 10.0 Å². The zero-order chi connectivity index (χ0) is 22.7. The summed E-state index contributed by atoms with van der Waals surface area (Å²) in [7, 11) is -3.67. The number of aromatic nitrogens is 1. The molecule has 2 aromatic carbocycles. The molecule has 3 aromatic rings. The van der Waals surface area contributed by atoms with Crippen molar-refractivity contribution in [3.05, 3.63) is 65.9 Å². The van der Waals surface area contributed by atoms with E-state index in [0.717, 1.165) is 28.6 Å². The molecule has 0 aliphatic carbocycles. The zero-order valence-electron chi connectivity index (χ0n) is 18.4. The third-order valence-electron chi connectivity index (χ3n) is 5.80. The molecule has 1 aliphatic rings. The first-order valence-electron chi connectivity index (χ1n) is 10.8. The van der Waals surface area contributed by atoms with E-state index in [1.807, 2.05) is 48.2 Å². The van der Waals surface area contributed by atoms with Gasteiger partial charge in [-0.1, -0.05) is 37.3 Å². The van der Waals surface area contributed by atoms with Crippen molar-refractivity contribution in [2.45, 2.75) is 25.2 Å². The van der Waals surface area contributed by atoms with Gasteiger partial charge in [-0.15, -0.1) is 0 Å². The highest BCUT2D eigenvalue weighted by Gasteiger charge is 2.30. The average molecular weight is 453 g/mol. The Morgan fingerprint density at radius 1 is 1.06 bits per heavy atom. The number of anilines is 1. The summed E-state index contributed by atoms with van der Waals surface area (Å²) in [4.78, 5) is 19.1. The second kappa shape index (κ2) is 9.36. The zero-order valence-corrected chi connectivity index (χ0v) is 19.2. The molecule has 0 bridgehead atoms. The van der Waals surface area contributed by atoms with Crippen LogP contribution in [0.25, 0.3) is 10.9 Å². The van der Waals surface area contributed by atoms with Crippen molar-refractivity contribution in [3.8, 4) is 0 Å². The van der Waals surface area contributed by atoms with Crippen molar-refractivity contribution in [2.24, 2.45) is 0 Å². The van der Waals surface area contributed by atoms with E-state index >= 15 is 0 Å². The Morgan fingerprint density at radius 2 is 1.81 bits per heavy atom. The van der Waals surface area contributed by atoms with Crippen molar-refractivity contribution < 1.29 is 13.2 Å². The first-order valence-corrected chi connectivity index (χ1v) is 12.3. The summed E-state index contributed by atoms with van der Waals surface area (Å²) in [6.07, 6.45) is 2.53. The van der Waals surface area contributed by atoms with E-state index in [-0.39, 0.29) is 17.3 Å². The fraction of sp³-hybridized carbons (Fsp3) is 0.333. The number of nitrogens with zero attached hydrogens (tertiary/aromatic N) is 3. The lowest BCUT2D eigenvalue weighted by Crippen LogP contribution is -2.50. The second-order valence-corrected chi connectivity index (χ2v) is 9.99. The summed E-state index contributed by atoms with van der Waals surface area (Å²) in [5.74, 6) is -0.0872. The molecule has 1 fully saturated rings. The Labute approximate surface area is 189 Å². The van der Waals surface area contributed by atoms with Crippen LogP contribution in [0.1, 0.15) is 18.1 Å². The summed E-state index contributed by atoms with van der Waals surface area (Å²) in [5, 5.41) is 3.79. The number of aryl methyl sites for hydroxylation is 2. The number of hydrogen-bond acceptors (Lipinski definition) is 5. The third-order valence-corrected chi connectivity index (χ3v) is 7.73. The molecular weight excluding hydrogens is 424 g/mol. The summed E-state index contributed by atoms with van der Waals surface area (Å²) in [6.45, 7) is 5.90. The largest absolute Gasteiger partial charge is 0.325 e. The Balaban J connectivity index is 1.41. The van der Waals surface area contributed by atoms with E-state index in [1.165, 1.54) is 4.31 Å². The standard InChI is InChI=1S/C24H28N4O3S/c1-3-19-7-4-5-9-21(19)26-23(29)17-27-11-13-28(14-12-27)32(30,31)22-10-6-8-20-15-18(2)16-25-24(20)22/h4-10,15-16H,3,11-14,17H2,1-2H3,(H,26,29). The quantitative estimate of drug-likeness (QED) is 0.622. The lowest BCUT2D eigenvalue weighted by atomic mass is 10.1. The Bertz CT molecular complexity index is 1230. The second-order valence-electron chi connectivity index (χ2n) is 8.08. The predicted molar refractivity (Wildman–Crippen MR) is 126 cm³/mol. The third kappa shape index (κ3) is 4.67. The summed E-state index contributed by atoms with van der Waals surface area (Å²) in [5.41, 5.74) is 3.41. The molecule has 2 heterocycles. The van der Waals surface area contributed by atoms with E-state index in [1.54, 1.807) is 18.3 Å². The van der Waals surface area contributed by atoms with Gasteiger partial charge in [0, 0.05) is 43.4 Å². The highest BCUT2D eigenvalue weighted by molar-refractivity contribution is 7.89. The lowest BCUT2D eigenvalue weighted by Gasteiger charge is -2.33. The highest BCUT2D eigenvalue weighted by Crippen LogP contribution is 2.25. The van der Waals surface area contributed by atoms with Crippen LogP contribution in [0.2, 0.25) is 0 Å². The minimum atomic E-state index is -3.67. The van der Waals surface area contributed by atoms with Crippen LogP contribution in [0.15, 0.2) is 59.6 Å². The molecule has 0 atom stereocenters. The summed E-state index contributed by atoms with van der Waals surface area (Å²) in [6, 6.07) is 15.0. The molecule has 1 N–H and O–H groups in total. The molecule has 0 radical (unpaired) electrons. The van der Waals surface area contributed by atoms with Crippen LogP contribution >= 0.6 is 0 Å². The summed E-state index contributed by atoms with van der Waals surface area (Å²) < 4.78 is 28.1. The monoisotopic (exact) mass is 452 g/mol. The van der Waals surface area contributed by atoms with Crippen LogP contribution in [-0.4, -0.2) is 61.2 Å². The van der Waals surface area contributed by atoms with E-state index in [2.05, 4.69) is 17.2 Å². The minimum Gasteiger partial charge on any atom is -0.325 e. The van der Waals surface area contributed by atoms with Gasteiger partial charge in [-0.2, -0.15) is 4.31 Å². The molecule has 1 aromatic heterocycles. The van der Waals surface area contributed by atoms with Crippen molar-refractivity contribution in [3.63, 3.8) is 0 Å². The van der Waals surface area contributed by atoms with Gasteiger partial charge in [0.15, 0.2) is 0 Å². The number of rotatable bonds is 6. The van der Waals surface area contributed by atoms with Gasteiger partial charge in [-0.05, 0) is 42.7 Å². The number of carbonyl (C=O) groups is 1. The van der Waals surface area contributed by atoms with Crippen LogP contribution in [-0.2, 0) is 21.2 Å². The number of pyridine rings is 1. The minimum absolute atomic E-state index is 0.0872. The molecular formula is C24H28N4O3S. The first kappa shape index (κ1) is 22.4. The number of hydrogen-bond donors (Lipinski definition) is 1. The van der Waals surface area contributed by atoms with Gasteiger partial charge in [0.25, 0.3) is 0 Å². The topological polar surface area (TPSA) is 82.6 Å². The number of nitrogens with one attached hydrogen (secondary N) is 1. The maximum Gasteiger partial charge on any atom is 0.245 e. The average Bonchev–Trinajstić information content (AvgIpc) is 2.79. The molecule has 1 amide bonds. The Morgan fingerprint density at radius 3 is 2.56 bits per heavy atom. The smallest absolute Gasteiger partial charge is 0.245 e. The van der Waals surface area contributed by atoms with Gasteiger partial charge in [0.1, 0.15) is 4.90 Å². The van der Waals surface area contributed by atoms with Crippen molar-refractivity contribution in [1.29, 1.82) is 0 Å². The number of amides is 1. The predicted octanol–water partition coefficient (Wildman–Crippen LogP) is 3.05. The molecule has 0 saturated carbocycles. The highest BCUT2D eigenvalue weighted by atomic mass is 32.2. The van der Waals surface area contributed by atoms with Gasteiger partial charge in [-0.25, -0.2) is 8.42 Å². The van der Waals surface area contributed by atoms with Gasteiger partial charge in [0.05, 0.1) is 12.1 Å². The van der Waals surface area contributed by atoms with Crippen LogP contribution in [0, 0.1) is 6.92 Å². The van der Waals surface area contributed by atoms with Crippen molar-refractivity contribution in [1.82, 2.24) is 14.2 Å². The first-order chi connectivity index (χ1) is 15.4. The SMILES string of the molecule is CCc1ccccc1NC(=O)CN1CCN(S(=O)(=O)c2cccc3cc(C)cnc23)CC1. The number of para-hydroxylation sites is 2. The molecule has 168 valence electrons. The van der Waals surface area contributed by atoms with Gasteiger partial charge in [-0.3, -0.25) is 14.7 Å². The molecule has 32 heavy (non-hydrogen) atoms. The fourth-order valence-corrected chi connectivity index (χ4v) is 5.65. The Kier molecular flexibility index (Phi) is 6.55. The van der Waals surface area contributed by atoms with Gasteiger partial charge >= 0.3 is 0 Å². The number of carbonyl (C=O) groups excluding carboxylic acids is 1. The van der Waals surface area contributed by atoms with Crippen LogP contribution in [0.4, 0.5) is 5.69 Å². The lowest BCUT2D eigenvalue weighted by molar-refractivity contribution is -0.117. The molecule has 8 heteroatoms. The van der Waals surface area contributed by atoms with Crippen LogP contribution in [0.3, 0.4) is 0 Å². The van der Waals surface area contributed by atoms with Crippen LogP contribution in [0.5, 0.6) is 0 Å². The van der Waals surface area contributed by atoms with Gasteiger partial charge < -0.3 is 5.32 Å². The molecule has 0 spiro atoms.